The first-order valence-corrected chi connectivity index (χ1v) is 9.40. The number of carbonyl (C=O) groups excluding carboxylic acids is 1. The Morgan fingerprint density at radius 3 is 2.36 bits per heavy atom. The molecule has 0 bridgehead atoms. The highest BCUT2D eigenvalue weighted by Crippen LogP contribution is 2.15. The van der Waals surface area contributed by atoms with Crippen molar-refractivity contribution in [1.82, 2.24) is 10.3 Å². The summed E-state index contributed by atoms with van der Waals surface area (Å²) in [6.07, 6.45) is 0.918. The van der Waals surface area contributed by atoms with Gasteiger partial charge in [0.15, 0.2) is 6.61 Å². The Morgan fingerprint density at radius 1 is 1.08 bits per heavy atom. The SMILES string of the molecule is CCc1ccc(OCC(=O)NNS(=O)(=O)c2ccc(C)cc2C)cc1. The van der Waals surface area contributed by atoms with E-state index in [-0.39, 0.29) is 11.5 Å². The molecule has 2 N–H and O–H groups in total. The van der Waals surface area contributed by atoms with Gasteiger partial charge in [-0.25, -0.2) is 8.42 Å². The van der Waals surface area contributed by atoms with Crippen LogP contribution in [0, 0.1) is 13.8 Å². The van der Waals surface area contributed by atoms with Crippen LogP contribution < -0.4 is 15.0 Å². The summed E-state index contributed by atoms with van der Waals surface area (Å²) in [5, 5.41) is 0. The molecule has 7 heteroatoms. The van der Waals surface area contributed by atoms with Crippen LogP contribution in [-0.4, -0.2) is 20.9 Å². The predicted molar refractivity (Wildman–Crippen MR) is 95.7 cm³/mol. The van der Waals surface area contributed by atoms with Crippen molar-refractivity contribution in [2.24, 2.45) is 0 Å². The lowest BCUT2D eigenvalue weighted by molar-refractivity contribution is -0.123. The van der Waals surface area contributed by atoms with Crippen molar-refractivity contribution in [2.45, 2.75) is 32.1 Å². The molecular weight excluding hydrogens is 340 g/mol. The number of nitrogens with one attached hydrogen (secondary N) is 2. The number of amides is 1. The average Bonchev–Trinajstić information content (AvgIpc) is 2.58. The van der Waals surface area contributed by atoms with E-state index >= 15 is 0 Å². The summed E-state index contributed by atoms with van der Waals surface area (Å²) in [5.74, 6) is -0.0440. The molecule has 0 aliphatic heterocycles. The number of aryl methyl sites for hydroxylation is 3. The fourth-order valence-electron chi connectivity index (χ4n) is 2.29. The van der Waals surface area contributed by atoms with Crippen LogP contribution in [0.3, 0.4) is 0 Å². The van der Waals surface area contributed by atoms with Gasteiger partial charge < -0.3 is 4.74 Å². The van der Waals surface area contributed by atoms with Gasteiger partial charge in [-0.15, -0.1) is 4.83 Å². The number of hydrogen-bond acceptors (Lipinski definition) is 4. The van der Waals surface area contributed by atoms with Crippen LogP contribution in [0.25, 0.3) is 0 Å². The predicted octanol–water partition coefficient (Wildman–Crippen LogP) is 2.25. The van der Waals surface area contributed by atoms with Gasteiger partial charge in [-0.1, -0.05) is 36.8 Å². The van der Waals surface area contributed by atoms with E-state index in [0.717, 1.165) is 17.5 Å². The maximum absolute atomic E-state index is 12.2. The highest BCUT2D eigenvalue weighted by Gasteiger charge is 2.17. The van der Waals surface area contributed by atoms with E-state index in [1.165, 1.54) is 6.07 Å². The fourth-order valence-corrected chi connectivity index (χ4v) is 3.37. The minimum absolute atomic E-state index is 0.120. The lowest BCUT2D eigenvalue weighted by atomic mass is 10.2. The van der Waals surface area contributed by atoms with Gasteiger partial charge in [-0.3, -0.25) is 10.2 Å². The molecule has 0 radical (unpaired) electrons. The zero-order valence-corrected chi connectivity index (χ0v) is 15.3. The topological polar surface area (TPSA) is 84.5 Å². The van der Waals surface area contributed by atoms with Gasteiger partial charge in [0.1, 0.15) is 5.75 Å². The molecule has 1 amide bonds. The highest BCUT2D eigenvalue weighted by molar-refractivity contribution is 7.89. The quantitative estimate of drug-likeness (QED) is 0.740. The Labute approximate surface area is 148 Å². The average molecular weight is 362 g/mol. The van der Waals surface area contributed by atoms with Crippen LogP contribution in [0.1, 0.15) is 23.6 Å². The molecular formula is C18H22N2O4S. The van der Waals surface area contributed by atoms with Crippen molar-refractivity contribution in [3.63, 3.8) is 0 Å². The molecule has 134 valence electrons. The van der Waals surface area contributed by atoms with E-state index < -0.39 is 15.9 Å². The zero-order chi connectivity index (χ0) is 18.4. The van der Waals surface area contributed by atoms with E-state index in [1.54, 1.807) is 31.2 Å². The summed E-state index contributed by atoms with van der Waals surface area (Å²) in [7, 11) is -3.83. The van der Waals surface area contributed by atoms with Crippen molar-refractivity contribution < 1.29 is 17.9 Å². The van der Waals surface area contributed by atoms with Crippen LogP contribution in [0.15, 0.2) is 47.4 Å². The molecule has 6 nitrogen and oxygen atoms in total. The molecule has 0 aliphatic rings. The molecule has 0 aliphatic carbocycles. The molecule has 0 spiro atoms. The monoisotopic (exact) mass is 362 g/mol. The highest BCUT2D eigenvalue weighted by atomic mass is 32.2. The van der Waals surface area contributed by atoms with Gasteiger partial charge in [0.05, 0.1) is 4.90 Å². The summed E-state index contributed by atoms with van der Waals surface area (Å²) >= 11 is 0. The second-order valence-electron chi connectivity index (χ2n) is 5.71. The van der Waals surface area contributed by atoms with Crippen molar-refractivity contribution >= 4 is 15.9 Å². The van der Waals surface area contributed by atoms with Crippen LogP contribution >= 0.6 is 0 Å². The second-order valence-corrected chi connectivity index (χ2v) is 7.36. The number of ether oxygens (including phenoxy) is 1. The lowest BCUT2D eigenvalue weighted by Gasteiger charge is -2.11. The van der Waals surface area contributed by atoms with Gasteiger partial charge in [0.25, 0.3) is 15.9 Å². The van der Waals surface area contributed by atoms with Gasteiger partial charge in [-0.05, 0) is 49.6 Å². The van der Waals surface area contributed by atoms with E-state index in [9.17, 15) is 13.2 Å². The summed E-state index contributed by atoms with van der Waals surface area (Å²) in [6, 6.07) is 12.3. The molecule has 2 aromatic rings. The van der Waals surface area contributed by atoms with Gasteiger partial charge >= 0.3 is 0 Å². The first-order chi connectivity index (χ1) is 11.8. The number of hydrazine groups is 1. The number of sulfonamides is 1. The Kier molecular flexibility index (Phi) is 6.17. The van der Waals surface area contributed by atoms with Crippen molar-refractivity contribution in [2.75, 3.05) is 6.61 Å². The number of benzene rings is 2. The zero-order valence-electron chi connectivity index (χ0n) is 14.5. The molecule has 25 heavy (non-hydrogen) atoms. The Balaban J connectivity index is 1.90. The Hall–Kier alpha value is -2.38. The summed E-state index contributed by atoms with van der Waals surface area (Å²) in [6.45, 7) is 5.33. The van der Waals surface area contributed by atoms with Gasteiger partial charge in [0.2, 0.25) is 0 Å². The van der Waals surface area contributed by atoms with E-state index in [2.05, 4.69) is 10.3 Å². The third-order valence-electron chi connectivity index (χ3n) is 3.65. The maximum Gasteiger partial charge on any atom is 0.272 e. The summed E-state index contributed by atoms with van der Waals surface area (Å²) in [4.78, 5) is 14.0. The number of hydrogen-bond donors (Lipinski definition) is 2. The minimum Gasteiger partial charge on any atom is -0.484 e. The molecule has 0 heterocycles. The summed E-state index contributed by atoms with van der Waals surface area (Å²) < 4.78 is 29.8. The molecule has 0 saturated carbocycles. The van der Waals surface area contributed by atoms with Crippen molar-refractivity contribution in [1.29, 1.82) is 0 Å². The standard InChI is InChI=1S/C18H22N2O4S/c1-4-15-6-8-16(9-7-15)24-12-18(21)19-20-25(22,23)17-10-5-13(2)11-14(17)3/h5-11,20H,4,12H2,1-3H3,(H,19,21). The lowest BCUT2D eigenvalue weighted by Crippen LogP contribution is -2.43. The molecule has 0 saturated heterocycles. The largest absolute Gasteiger partial charge is 0.484 e. The van der Waals surface area contributed by atoms with Crippen LogP contribution in [0.4, 0.5) is 0 Å². The third-order valence-corrected chi connectivity index (χ3v) is 5.05. The summed E-state index contributed by atoms with van der Waals surface area (Å²) in [5.41, 5.74) is 4.89. The number of carbonyl (C=O) groups is 1. The van der Waals surface area contributed by atoms with E-state index in [1.807, 2.05) is 26.0 Å². The molecule has 0 atom stereocenters. The third kappa shape index (κ3) is 5.30. The maximum atomic E-state index is 12.2. The van der Waals surface area contributed by atoms with Crippen LogP contribution in [0.2, 0.25) is 0 Å². The fraction of sp³-hybridized carbons (Fsp3) is 0.278. The Morgan fingerprint density at radius 2 is 1.76 bits per heavy atom. The minimum atomic E-state index is -3.83. The van der Waals surface area contributed by atoms with Crippen LogP contribution in [0.5, 0.6) is 5.75 Å². The van der Waals surface area contributed by atoms with Crippen LogP contribution in [-0.2, 0) is 21.2 Å². The van der Waals surface area contributed by atoms with Gasteiger partial charge in [0, 0.05) is 0 Å². The number of rotatable bonds is 7. The molecule has 2 aromatic carbocycles. The van der Waals surface area contributed by atoms with E-state index in [4.69, 9.17) is 4.74 Å². The smallest absolute Gasteiger partial charge is 0.272 e. The van der Waals surface area contributed by atoms with Crippen molar-refractivity contribution in [3.05, 3.63) is 59.2 Å². The molecule has 0 aromatic heterocycles. The Bertz CT molecular complexity index is 846. The van der Waals surface area contributed by atoms with Gasteiger partial charge in [-0.2, -0.15) is 0 Å². The second kappa shape index (κ2) is 8.13. The first kappa shape index (κ1) is 19.0. The normalized spacial score (nSPS) is 11.2. The molecule has 0 fully saturated rings. The molecule has 2 rings (SSSR count). The van der Waals surface area contributed by atoms with Crippen molar-refractivity contribution in [3.8, 4) is 5.75 Å². The van der Waals surface area contributed by atoms with E-state index in [0.29, 0.717) is 11.3 Å². The molecule has 0 unspecified atom stereocenters. The first-order valence-electron chi connectivity index (χ1n) is 7.91.